The zero-order valence-electron chi connectivity index (χ0n) is 12.0. The Balaban J connectivity index is 3.11. The summed E-state index contributed by atoms with van der Waals surface area (Å²) >= 11 is 0. The van der Waals surface area contributed by atoms with Gasteiger partial charge in [-0.05, 0) is 19.4 Å². The largest absolute Gasteiger partial charge is 0.477 e. The first kappa shape index (κ1) is 16.0. The molecule has 1 rings (SSSR count). The van der Waals surface area contributed by atoms with Crippen molar-refractivity contribution in [3.63, 3.8) is 0 Å². The topological polar surface area (TPSA) is 82.6 Å². The van der Waals surface area contributed by atoms with Gasteiger partial charge in [-0.15, -0.1) is 6.58 Å². The number of aryl methyl sites for hydroxylation is 1. The molecule has 0 spiro atoms. The number of nitrogens with one attached hydrogen (secondary N) is 1. The van der Waals surface area contributed by atoms with Crippen molar-refractivity contribution in [2.24, 2.45) is 0 Å². The molecule has 0 aromatic carbocycles. The number of hydrogen-bond acceptors (Lipinski definition) is 3. The molecule has 2 N–H and O–H groups in total. The number of amides is 1. The van der Waals surface area contributed by atoms with Crippen LogP contribution in [-0.4, -0.2) is 53.7 Å². The molecule has 6 nitrogen and oxygen atoms in total. The van der Waals surface area contributed by atoms with Gasteiger partial charge in [-0.3, -0.25) is 4.79 Å². The van der Waals surface area contributed by atoms with Crippen molar-refractivity contribution in [1.29, 1.82) is 0 Å². The van der Waals surface area contributed by atoms with Gasteiger partial charge in [-0.25, -0.2) is 4.79 Å². The van der Waals surface area contributed by atoms with E-state index >= 15 is 0 Å². The predicted octanol–water partition coefficient (Wildman–Crippen LogP) is 1.60. The zero-order valence-corrected chi connectivity index (χ0v) is 12.0. The second kappa shape index (κ2) is 6.91. The number of methoxy groups -OCH3 is 1. The standard InChI is InChI=1S/C14H20N2O4/c1-5-6-16(7-8-20-4)13(17)11-9(2)12(14(18)19)15-10(11)3/h5,15H,1,6-8H2,2-4H3,(H,18,19). The Kier molecular flexibility index (Phi) is 5.52. The molecule has 0 radical (unpaired) electrons. The van der Waals surface area contributed by atoms with Crippen molar-refractivity contribution in [2.45, 2.75) is 13.8 Å². The van der Waals surface area contributed by atoms with Gasteiger partial charge >= 0.3 is 5.97 Å². The highest BCUT2D eigenvalue weighted by atomic mass is 16.5. The smallest absolute Gasteiger partial charge is 0.352 e. The van der Waals surface area contributed by atoms with Crippen molar-refractivity contribution >= 4 is 11.9 Å². The van der Waals surface area contributed by atoms with Crippen LogP contribution in [0.2, 0.25) is 0 Å². The second-order valence-corrected chi connectivity index (χ2v) is 4.46. The number of rotatable bonds is 7. The van der Waals surface area contributed by atoms with Crippen LogP contribution in [0.3, 0.4) is 0 Å². The number of carboxylic acids is 1. The van der Waals surface area contributed by atoms with Gasteiger partial charge in [-0.2, -0.15) is 0 Å². The maximum atomic E-state index is 12.5. The molecule has 1 aromatic heterocycles. The average molecular weight is 280 g/mol. The van der Waals surface area contributed by atoms with Gasteiger partial charge in [0.2, 0.25) is 0 Å². The van der Waals surface area contributed by atoms with Crippen LogP contribution in [0.25, 0.3) is 0 Å². The quantitative estimate of drug-likeness (QED) is 0.743. The van der Waals surface area contributed by atoms with E-state index in [4.69, 9.17) is 9.84 Å². The van der Waals surface area contributed by atoms with Crippen LogP contribution in [0, 0.1) is 13.8 Å². The van der Waals surface area contributed by atoms with Gasteiger partial charge < -0.3 is 19.7 Å². The maximum absolute atomic E-state index is 12.5. The molecular weight excluding hydrogens is 260 g/mol. The van der Waals surface area contributed by atoms with E-state index in [-0.39, 0.29) is 11.6 Å². The average Bonchev–Trinajstić information content (AvgIpc) is 2.69. The number of aromatic carboxylic acids is 1. The van der Waals surface area contributed by atoms with Gasteiger partial charge in [0.15, 0.2) is 0 Å². The minimum Gasteiger partial charge on any atom is -0.477 e. The van der Waals surface area contributed by atoms with Crippen molar-refractivity contribution in [1.82, 2.24) is 9.88 Å². The van der Waals surface area contributed by atoms with Crippen molar-refractivity contribution in [2.75, 3.05) is 26.8 Å². The summed E-state index contributed by atoms with van der Waals surface area (Å²) < 4.78 is 4.98. The fourth-order valence-corrected chi connectivity index (χ4v) is 2.08. The first-order chi connectivity index (χ1) is 9.43. The van der Waals surface area contributed by atoms with Crippen LogP contribution >= 0.6 is 0 Å². The van der Waals surface area contributed by atoms with Crippen molar-refractivity contribution < 1.29 is 19.4 Å². The highest BCUT2D eigenvalue weighted by Crippen LogP contribution is 2.20. The summed E-state index contributed by atoms with van der Waals surface area (Å²) in [4.78, 5) is 27.9. The van der Waals surface area contributed by atoms with Crippen molar-refractivity contribution in [3.05, 3.63) is 35.2 Å². The molecule has 1 heterocycles. The molecule has 110 valence electrons. The highest BCUT2D eigenvalue weighted by Gasteiger charge is 2.24. The Morgan fingerprint density at radius 1 is 1.45 bits per heavy atom. The van der Waals surface area contributed by atoms with E-state index < -0.39 is 5.97 Å². The lowest BCUT2D eigenvalue weighted by Gasteiger charge is -2.21. The lowest BCUT2D eigenvalue weighted by molar-refractivity contribution is 0.0690. The van der Waals surface area contributed by atoms with Gasteiger partial charge in [0.25, 0.3) is 5.91 Å². The van der Waals surface area contributed by atoms with Gasteiger partial charge in [0.1, 0.15) is 5.69 Å². The summed E-state index contributed by atoms with van der Waals surface area (Å²) in [6.45, 7) is 8.16. The molecule has 1 aromatic rings. The molecule has 0 unspecified atom stereocenters. The van der Waals surface area contributed by atoms with E-state index in [1.807, 2.05) is 0 Å². The zero-order chi connectivity index (χ0) is 15.3. The van der Waals surface area contributed by atoms with Gasteiger partial charge in [-0.1, -0.05) is 6.08 Å². The summed E-state index contributed by atoms with van der Waals surface area (Å²) in [6.07, 6.45) is 1.63. The van der Waals surface area contributed by atoms with Crippen molar-refractivity contribution in [3.8, 4) is 0 Å². The van der Waals surface area contributed by atoms with Crippen LogP contribution in [0.1, 0.15) is 32.1 Å². The third-order valence-electron chi connectivity index (χ3n) is 3.07. The summed E-state index contributed by atoms with van der Waals surface area (Å²) in [5.41, 5.74) is 1.46. The minimum atomic E-state index is -1.07. The Hall–Kier alpha value is -2.08. The van der Waals surface area contributed by atoms with Crippen LogP contribution in [0.15, 0.2) is 12.7 Å². The molecular formula is C14H20N2O4. The fourth-order valence-electron chi connectivity index (χ4n) is 2.08. The van der Waals surface area contributed by atoms with Gasteiger partial charge in [0, 0.05) is 25.9 Å². The lowest BCUT2D eigenvalue weighted by Crippen LogP contribution is -2.34. The van der Waals surface area contributed by atoms with E-state index in [2.05, 4.69) is 11.6 Å². The van der Waals surface area contributed by atoms with E-state index in [1.165, 1.54) is 0 Å². The molecule has 20 heavy (non-hydrogen) atoms. The van der Waals surface area contributed by atoms with Crippen LogP contribution in [-0.2, 0) is 4.74 Å². The minimum absolute atomic E-state index is 0.0520. The molecule has 0 saturated carbocycles. The number of carbonyl (C=O) groups excluding carboxylic acids is 1. The summed E-state index contributed by atoms with van der Waals surface area (Å²) in [6, 6.07) is 0. The number of aromatic nitrogens is 1. The predicted molar refractivity (Wildman–Crippen MR) is 75.2 cm³/mol. The number of nitrogens with zero attached hydrogens (tertiary/aromatic N) is 1. The summed E-state index contributed by atoms with van der Waals surface area (Å²) in [7, 11) is 1.56. The molecule has 0 aliphatic carbocycles. The highest BCUT2D eigenvalue weighted by molar-refractivity contribution is 6.00. The monoisotopic (exact) mass is 280 g/mol. The number of hydrogen-bond donors (Lipinski definition) is 2. The molecule has 0 atom stereocenters. The SMILES string of the molecule is C=CCN(CCOC)C(=O)c1c(C)[nH]c(C(=O)O)c1C. The maximum Gasteiger partial charge on any atom is 0.352 e. The third-order valence-corrected chi connectivity index (χ3v) is 3.07. The molecule has 1 amide bonds. The molecule has 0 aliphatic heterocycles. The normalized spacial score (nSPS) is 10.3. The summed E-state index contributed by atoms with van der Waals surface area (Å²) in [5.74, 6) is -1.29. The Labute approximate surface area is 118 Å². The van der Waals surface area contributed by atoms with E-state index in [0.29, 0.717) is 36.5 Å². The Bertz CT molecular complexity index is 519. The van der Waals surface area contributed by atoms with Crippen LogP contribution < -0.4 is 0 Å². The Morgan fingerprint density at radius 3 is 2.55 bits per heavy atom. The third kappa shape index (κ3) is 3.27. The van der Waals surface area contributed by atoms with Crippen LogP contribution in [0.4, 0.5) is 0 Å². The fraction of sp³-hybridized carbons (Fsp3) is 0.429. The van der Waals surface area contributed by atoms with Gasteiger partial charge in [0.05, 0.1) is 12.2 Å². The molecule has 0 fully saturated rings. The lowest BCUT2D eigenvalue weighted by atomic mass is 10.1. The first-order valence-corrected chi connectivity index (χ1v) is 6.25. The number of carbonyl (C=O) groups is 2. The van der Waals surface area contributed by atoms with Crippen LogP contribution in [0.5, 0.6) is 0 Å². The first-order valence-electron chi connectivity index (χ1n) is 6.25. The number of H-pyrrole nitrogens is 1. The molecule has 6 heteroatoms. The van der Waals surface area contributed by atoms with E-state index in [0.717, 1.165) is 0 Å². The van der Waals surface area contributed by atoms with E-state index in [9.17, 15) is 9.59 Å². The van der Waals surface area contributed by atoms with E-state index in [1.54, 1.807) is 31.9 Å². The number of carboxylic acid groups (broad SMARTS) is 1. The number of aromatic amines is 1. The Morgan fingerprint density at radius 2 is 2.10 bits per heavy atom. The molecule has 0 bridgehead atoms. The second-order valence-electron chi connectivity index (χ2n) is 4.46. The molecule has 0 aliphatic rings. The number of ether oxygens (including phenoxy) is 1. The summed E-state index contributed by atoms with van der Waals surface area (Å²) in [5, 5.41) is 9.08. The molecule has 0 saturated heterocycles.